The Balaban J connectivity index is 2.13. The summed E-state index contributed by atoms with van der Waals surface area (Å²) in [6.45, 7) is 5.22. The lowest BCUT2D eigenvalue weighted by Gasteiger charge is -2.06. The molecule has 3 aromatic rings. The van der Waals surface area contributed by atoms with Crippen molar-refractivity contribution in [2.24, 2.45) is 7.05 Å². The molecule has 0 aliphatic heterocycles. The van der Waals surface area contributed by atoms with Crippen LogP contribution >= 0.6 is 11.3 Å². The Kier molecular flexibility index (Phi) is 3.88. The number of rotatable bonds is 5. The molecule has 0 saturated heterocycles. The molecule has 5 nitrogen and oxygen atoms in total. The Labute approximate surface area is 128 Å². The van der Waals surface area contributed by atoms with Crippen LogP contribution in [0.25, 0.3) is 21.7 Å². The minimum Gasteiger partial charge on any atom is -0.369 e. The van der Waals surface area contributed by atoms with Gasteiger partial charge in [-0.05, 0) is 25.0 Å². The third-order valence-corrected chi connectivity index (χ3v) is 4.45. The van der Waals surface area contributed by atoms with Gasteiger partial charge in [-0.1, -0.05) is 13.8 Å². The van der Waals surface area contributed by atoms with E-state index in [0.717, 1.165) is 41.1 Å². The molecular weight excluding hydrogens is 282 g/mol. The first kappa shape index (κ1) is 14.0. The number of hydrogen-bond donors (Lipinski definition) is 1. The van der Waals surface area contributed by atoms with Crippen LogP contribution in [0.4, 0.5) is 5.82 Å². The van der Waals surface area contributed by atoms with Crippen molar-refractivity contribution in [2.75, 3.05) is 11.9 Å². The second-order valence-electron chi connectivity index (χ2n) is 4.98. The minimum atomic E-state index is 0.686. The fourth-order valence-corrected chi connectivity index (χ4v) is 3.14. The summed E-state index contributed by atoms with van der Waals surface area (Å²) in [6.07, 6.45) is 4.00. The van der Waals surface area contributed by atoms with Crippen molar-refractivity contribution >= 4 is 27.4 Å². The van der Waals surface area contributed by atoms with Gasteiger partial charge in [0.2, 0.25) is 0 Å². The number of hydrogen-bond acceptors (Lipinski definition) is 5. The molecule has 21 heavy (non-hydrogen) atoms. The van der Waals surface area contributed by atoms with E-state index in [1.807, 2.05) is 19.3 Å². The van der Waals surface area contributed by atoms with E-state index in [1.165, 1.54) is 4.88 Å². The first-order valence-corrected chi connectivity index (χ1v) is 8.07. The van der Waals surface area contributed by atoms with Gasteiger partial charge < -0.3 is 5.32 Å². The van der Waals surface area contributed by atoms with E-state index in [1.54, 1.807) is 16.0 Å². The highest BCUT2D eigenvalue weighted by molar-refractivity contribution is 7.18. The molecule has 110 valence electrons. The number of thiophene rings is 1. The number of nitrogens with zero attached hydrogens (tertiary/aromatic N) is 4. The van der Waals surface area contributed by atoms with Crippen LogP contribution in [0.2, 0.25) is 0 Å². The topological polar surface area (TPSA) is 55.6 Å². The molecule has 3 aromatic heterocycles. The van der Waals surface area contributed by atoms with Gasteiger partial charge in [0.05, 0.1) is 5.39 Å². The standard InChI is InChI=1S/C15H19N5S/c1-4-7-16-13-11-9-10(5-2)21-15(11)18-14(17-13)12-6-8-20(3)19-12/h6,8-9H,4-5,7H2,1-3H3,(H,16,17,18). The fourth-order valence-electron chi connectivity index (χ4n) is 2.17. The molecule has 0 unspecified atom stereocenters. The summed E-state index contributed by atoms with van der Waals surface area (Å²) in [5.74, 6) is 1.60. The Bertz CT molecular complexity index is 759. The largest absolute Gasteiger partial charge is 0.369 e. The zero-order chi connectivity index (χ0) is 14.8. The molecule has 3 rings (SSSR count). The SMILES string of the molecule is CCCNc1nc(-c2ccn(C)n2)nc2sc(CC)cc12. The van der Waals surface area contributed by atoms with Crippen molar-refractivity contribution in [3.63, 3.8) is 0 Å². The summed E-state index contributed by atoms with van der Waals surface area (Å²) in [6, 6.07) is 4.14. The van der Waals surface area contributed by atoms with E-state index < -0.39 is 0 Å². The minimum absolute atomic E-state index is 0.686. The zero-order valence-corrected chi connectivity index (χ0v) is 13.4. The summed E-state index contributed by atoms with van der Waals surface area (Å²) in [5, 5.41) is 8.93. The molecule has 6 heteroatoms. The zero-order valence-electron chi connectivity index (χ0n) is 12.6. The van der Waals surface area contributed by atoms with E-state index in [0.29, 0.717) is 5.82 Å². The lowest BCUT2D eigenvalue weighted by Crippen LogP contribution is -2.04. The molecule has 0 fully saturated rings. The molecule has 0 saturated carbocycles. The van der Waals surface area contributed by atoms with Crippen molar-refractivity contribution in [3.05, 3.63) is 23.2 Å². The van der Waals surface area contributed by atoms with Crippen LogP contribution in [0, 0.1) is 0 Å². The summed E-state index contributed by atoms with van der Waals surface area (Å²) in [4.78, 5) is 11.7. The van der Waals surface area contributed by atoms with Gasteiger partial charge in [-0.25, -0.2) is 9.97 Å². The number of aromatic nitrogens is 4. The maximum absolute atomic E-state index is 4.69. The Morgan fingerprint density at radius 1 is 1.29 bits per heavy atom. The fraction of sp³-hybridized carbons (Fsp3) is 0.400. The van der Waals surface area contributed by atoms with Gasteiger partial charge in [-0.3, -0.25) is 4.68 Å². The van der Waals surface area contributed by atoms with Crippen molar-refractivity contribution in [1.82, 2.24) is 19.7 Å². The third-order valence-electron chi connectivity index (χ3n) is 3.28. The van der Waals surface area contributed by atoms with Crippen molar-refractivity contribution in [2.45, 2.75) is 26.7 Å². The van der Waals surface area contributed by atoms with Crippen molar-refractivity contribution < 1.29 is 0 Å². The Morgan fingerprint density at radius 2 is 2.14 bits per heavy atom. The molecule has 0 atom stereocenters. The van der Waals surface area contributed by atoms with Crippen LogP contribution < -0.4 is 5.32 Å². The average molecular weight is 301 g/mol. The molecule has 0 amide bonds. The predicted octanol–water partition coefficient (Wildman–Crippen LogP) is 3.48. The first-order valence-electron chi connectivity index (χ1n) is 7.25. The second kappa shape index (κ2) is 5.81. The van der Waals surface area contributed by atoms with Gasteiger partial charge in [0.1, 0.15) is 16.3 Å². The van der Waals surface area contributed by atoms with Gasteiger partial charge in [-0.15, -0.1) is 11.3 Å². The molecule has 3 heterocycles. The molecular formula is C15H19N5S. The van der Waals surface area contributed by atoms with E-state index in [4.69, 9.17) is 0 Å². The summed E-state index contributed by atoms with van der Waals surface area (Å²) >= 11 is 1.73. The molecule has 1 N–H and O–H groups in total. The molecule has 0 aliphatic carbocycles. The lowest BCUT2D eigenvalue weighted by atomic mass is 10.3. The van der Waals surface area contributed by atoms with Crippen LogP contribution in [0.3, 0.4) is 0 Å². The van der Waals surface area contributed by atoms with Crippen LogP contribution in [0.15, 0.2) is 18.3 Å². The van der Waals surface area contributed by atoms with Gasteiger partial charge in [0.25, 0.3) is 0 Å². The number of nitrogens with one attached hydrogen (secondary N) is 1. The van der Waals surface area contributed by atoms with E-state index in [9.17, 15) is 0 Å². The van der Waals surface area contributed by atoms with Gasteiger partial charge in [0, 0.05) is 24.7 Å². The maximum atomic E-state index is 4.69. The van der Waals surface area contributed by atoms with Crippen molar-refractivity contribution in [1.29, 1.82) is 0 Å². The van der Waals surface area contributed by atoms with Crippen LogP contribution in [-0.2, 0) is 13.5 Å². The van der Waals surface area contributed by atoms with Crippen LogP contribution in [0.5, 0.6) is 0 Å². The normalized spacial score (nSPS) is 11.2. The number of aryl methyl sites for hydroxylation is 2. The molecule has 0 radical (unpaired) electrons. The van der Waals surface area contributed by atoms with Crippen LogP contribution in [0.1, 0.15) is 25.1 Å². The van der Waals surface area contributed by atoms with Crippen molar-refractivity contribution in [3.8, 4) is 11.5 Å². The molecule has 0 aliphatic rings. The molecule has 0 bridgehead atoms. The summed E-state index contributed by atoms with van der Waals surface area (Å²) in [5.41, 5.74) is 0.811. The van der Waals surface area contributed by atoms with E-state index in [2.05, 4.69) is 40.3 Å². The quantitative estimate of drug-likeness (QED) is 0.784. The summed E-state index contributed by atoms with van der Waals surface area (Å²) in [7, 11) is 1.90. The lowest BCUT2D eigenvalue weighted by molar-refractivity contribution is 0.769. The maximum Gasteiger partial charge on any atom is 0.183 e. The second-order valence-corrected chi connectivity index (χ2v) is 6.10. The monoisotopic (exact) mass is 301 g/mol. The van der Waals surface area contributed by atoms with E-state index in [-0.39, 0.29) is 0 Å². The number of anilines is 1. The highest BCUT2D eigenvalue weighted by atomic mass is 32.1. The smallest absolute Gasteiger partial charge is 0.183 e. The Morgan fingerprint density at radius 3 is 2.81 bits per heavy atom. The first-order chi connectivity index (χ1) is 10.2. The third kappa shape index (κ3) is 2.76. The Hall–Kier alpha value is -1.95. The van der Waals surface area contributed by atoms with Crippen LogP contribution in [-0.4, -0.2) is 26.3 Å². The van der Waals surface area contributed by atoms with E-state index >= 15 is 0 Å². The highest BCUT2D eigenvalue weighted by Crippen LogP contribution is 2.31. The molecule has 0 aromatic carbocycles. The van der Waals surface area contributed by atoms with Gasteiger partial charge in [-0.2, -0.15) is 5.10 Å². The molecule has 0 spiro atoms. The predicted molar refractivity (Wildman–Crippen MR) is 87.8 cm³/mol. The van der Waals surface area contributed by atoms with Gasteiger partial charge in [0.15, 0.2) is 5.82 Å². The number of fused-ring (bicyclic) bond motifs is 1. The highest BCUT2D eigenvalue weighted by Gasteiger charge is 2.13. The average Bonchev–Trinajstić information content (AvgIpc) is 3.10. The van der Waals surface area contributed by atoms with Gasteiger partial charge >= 0.3 is 0 Å². The summed E-state index contributed by atoms with van der Waals surface area (Å²) < 4.78 is 1.77.